The molecule has 1 N–H and O–H groups in total. The van der Waals surface area contributed by atoms with E-state index >= 15 is 0 Å². The van der Waals surface area contributed by atoms with Gasteiger partial charge in [0.05, 0.1) is 6.20 Å². The summed E-state index contributed by atoms with van der Waals surface area (Å²) in [6, 6.07) is 0.436. The Labute approximate surface area is 97.6 Å². The van der Waals surface area contributed by atoms with E-state index < -0.39 is 0 Å². The predicted molar refractivity (Wildman–Crippen MR) is 65.3 cm³/mol. The highest BCUT2D eigenvalue weighted by Crippen LogP contribution is 2.28. The lowest BCUT2D eigenvalue weighted by atomic mass is 9.96. The van der Waals surface area contributed by atoms with E-state index in [-0.39, 0.29) is 5.54 Å². The van der Waals surface area contributed by atoms with Gasteiger partial charge in [0.2, 0.25) is 0 Å². The molecular weight excluding hydrogens is 200 g/mol. The molecule has 1 aromatic heterocycles. The monoisotopic (exact) mass is 222 g/mol. The van der Waals surface area contributed by atoms with E-state index in [4.69, 9.17) is 0 Å². The van der Waals surface area contributed by atoms with Crippen molar-refractivity contribution in [3.05, 3.63) is 18.0 Å². The third-order valence-electron chi connectivity index (χ3n) is 3.54. The first-order valence-corrected chi connectivity index (χ1v) is 5.97. The minimum atomic E-state index is 0.216. The number of nitrogens with one attached hydrogen (secondary N) is 1. The third-order valence-corrected chi connectivity index (χ3v) is 3.54. The number of aromatic nitrogens is 2. The maximum Gasteiger partial charge on any atom is 0.0537 e. The SMILES string of the molecule is CC(c1cnn(C)c1)N1CCNCC1(C)C. The van der Waals surface area contributed by atoms with Crippen molar-refractivity contribution in [1.29, 1.82) is 0 Å². The zero-order valence-electron chi connectivity index (χ0n) is 10.7. The molecule has 2 rings (SSSR count). The molecule has 4 nitrogen and oxygen atoms in total. The first kappa shape index (κ1) is 11.6. The average Bonchev–Trinajstić information content (AvgIpc) is 2.63. The Morgan fingerprint density at radius 2 is 2.25 bits per heavy atom. The van der Waals surface area contributed by atoms with Gasteiger partial charge >= 0.3 is 0 Å². The van der Waals surface area contributed by atoms with E-state index in [1.807, 2.05) is 17.9 Å². The van der Waals surface area contributed by atoms with Gasteiger partial charge in [-0.3, -0.25) is 9.58 Å². The number of nitrogens with zero attached hydrogens (tertiary/aromatic N) is 3. The van der Waals surface area contributed by atoms with Gasteiger partial charge in [0.25, 0.3) is 0 Å². The number of piperazine rings is 1. The molecule has 0 aliphatic carbocycles. The van der Waals surface area contributed by atoms with Crippen molar-refractivity contribution in [3.8, 4) is 0 Å². The molecule has 1 atom stereocenters. The molecule has 1 fully saturated rings. The molecule has 4 heteroatoms. The van der Waals surface area contributed by atoms with Crippen molar-refractivity contribution in [2.75, 3.05) is 19.6 Å². The lowest BCUT2D eigenvalue weighted by Crippen LogP contribution is -2.58. The van der Waals surface area contributed by atoms with Crippen LogP contribution in [0.1, 0.15) is 32.4 Å². The molecule has 0 saturated carbocycles. The Balaban J connectivity index is 2.17. The smallest absolute Gasteiger partial charge is 0.0537 e. The van der Waals surface area contributed by atoms with Gasteiger partial charge in [-0.2, -0.15) is 5.10 Å². The summed E-state index contributed by atoms with van der Waals surface area (Å²) in [5, 5.41) is 7.71. The van der Waals surface area contributed by atoms with E-state index in [0.29, 0.717) is 6.04 Å². The zero-order valence-corrected chi connectivity index (χ0v) is 10.7. The van der Waals surface area contributed by atoms with Gasteiger partial charge < -0.3 is 5.32 Å². The Hall–Kier alpha value is -0.870. The molecule has 0 radical (unpaired) electrons. The summed E-state index contributed by atoms with van der Waals surface area (Å²) in [6.45, 7) is 10.1. The maximum absolute atomic E-state index is 4.25. The normalized spacial score (nSPS) is 23.2. The Morgan fingerprint density at radius 1 is 1.50 bits per heavy atom. The van der Waals surface area contributed by atoms with E-state index in [1.54, 1.807) is 0 Å². The van der Waals surface area contributed by atoms with Crippen molar-refractivity contribution in [1.82, 2.24) is 20.0 Å². The Bertz CT molecular complexity index is 356. The van der Waals surface area contributed by atoms with Crippen molar-refractivity contribution in [2.24, 2.45) is 7.05 Å². The molecule has 0 bridgehead atoms. The topological polar surface area (TPSA) is 33.1 Å². The van der Waals surface area contributed by atoms with E-state index in [1.165, 1.54) is 5.56 Å². The van der Waals surface area contributed by atoms with Gasteiger partial charge in [-0.15, -0.1) is 0 Å². The zero-order chi connectivity index (χ0) is 11.8. The van der Waals surface area contributed by atoms with Gasteiger partial charge in [-0.05, 0) is 20.8 Å². The van der Waals surface area contributed by atoms with Crippen LogP contribution < -0.4 is 5.32 Å². The fourth-order valence-electron chi connectivity index (χ4n) is 2.55. The van der Waals surface area contributed by atoms with Crippen LogP contribution in [0, 0.1) is 0 Å². The number of hydrogen-bond donors (Lipinski definition) is 1. The summed E-state index contributed by atoms with van der Waals surface area (Å²) in [7, 11) is 1.97. The Kier molecular flexibility index (Phi) is 3.04. The van der Waals surface area contributed by atoms with Crippen molar-refractivity contribution in [3.63, 3.8) is 0 Å². The summed E-state index contributed by atoms with van der Waals surface area (Å²) in [4.78, 5) is 2.56. The van der Waals surface area contributed by atoms with E-state index in [9.17, 15) is 0 Å². The fraction of sp³-hybridized carbons (Fsp3) is 0.750. The third kappa shape index (κ3) is 2.13. The highest BCUT2D eigenvalue weighted by atomic mass is 15.3. The van der Waals surface area contributed by atoms with E-state index in [0.717, 1.165) is 19.6 Å². The summed E-state index contributed by atoms with van der Waals surface area (Å²) in [5.41, 5.74) is 1.52. The lowest BCUT2D eigenvalue weighted by Gasteiger charge is -2.46. The molecule has 0 spiro atoms. The van der Waals surface area contributed by atoms with Crippen LogP contribution in [-0.2, 0) is 7.05 Å². The van der Waals surface area contributed by atoms with Crippen molar-refractivity contribution >= 4 is 0 Å². The molecule has 0 amide bonds. The lowest BCUT2D eigenvalue weighted by molar-refractivity contribution is 0.0516. The van der Waals surface area contributed by atoms with Gasteiger partial charge in [0, 0.05) is 50.0 Å². The van der Waals surface area contributed by atoms with Crippen LogP contribution >= 0.6 is 0 Å². The van der Waals surface area contributed by atoms with Gasteiger partial charge in [0.1, 0.15) is 0 Å². The fourth-order valence-corrected chi connectivity index (χ4v) is 2.55. The number of hydrogen-bond acceptors (Lipinski definition) is 3. The summed E-state index contributed by atoms with van der Waals surface area (Å²) in [6.07, 6.45) is 4.09. The van der Waals surface area contributed by atoms with Crippen LogP contribution in [0.3, 0.4) is 0 Å². The first-order valence-electron chi connectivity index (χ1n) is 5.97. The largest absolute Gasteiger partial charge is 0.314 e. The van der Waals surface area contributed by atoms with Crippen LogP contribution in [0.2, 0.25) is 0 Å². The predicted octanol–water partition coefficient (Wildman–Crippen LogP) is 1.16. The molecule has 2 heterocycles. The van der Waals surface area contributed by atoms with Crippen LogP contribution in [0.5, 0.6) is 0 Å². The molecule has 0 aromatic carbocycles. The Morgan fingerprint density at radius 3 is 2.81 bits per heavy atom. The van der Waals surface area contributed by atoms with E-state index in [2.05, 4.69) is 42.3 Å². The van der Waals surface area contributed by atoms with Gasteiger partial charge in [0.15, 0.2) is 0 Å². The standard InChI is InChI=1S/C12H22N4/c1-10(11-7-14-15(4)8-11)16-6-5-13-9-12(16,2)3/h7-8,10,13H,5-6,9H2,1-4H3. The minimum absolute atomic E-state index is 0.216. The molecule has 90 valence electrons. The summed E-state index contributed by atoms with van der Waals surface area (Å²) < 4.78 is 1.88. The molecule has 1 aliphatic rings. The number of aryl methyl sites for hydroxylation is 1. The highest BCUT2D eigenvalue weighted by molar-refractivity contribution is 5.11. The highest BCUT2D eigenvalue weighted by Gasteiger charge is 2.33. The first-order chi connectivity index (χ1) is 7.50. The molecule has 16 heavy (non-hydrogen) atoms. The van der Waals surface area contributed by atoms with Crippen LogP contribution in [0.15, 0.2) is 12.4 Å². The minimum Gasteiger partial charge on any atom is -0.314 e. The second-order valence-electron chi connectivity index (χ2n) is 5.31. The maximum atomic E-state index is 4.25. The van der Waals surface area contributed by atoms with Crippen LogP contribution in [-0.4, -0.2) is 39.9 Å². The molecule has 1 aliphatic heterocycles. The summed E-state index contributed by atoms with van der Waals surface area (Å²) >= 11 is 0. The molecule has 1 aromatic rings. The van der Waals surface area contributed by atoms with Crippen LogP contribution in [0.25, 0.3) is 0 Å². The van der Waals surface area contributed by atoms with Gasteiger partial charge in [-0.25, -0.2) is 0 Å². The second-order valence-corrected chi connectivity index (χ2v) is 5.31. The summed E-state index contributed by atoms with van der Waals surface area (Å²) in [5.74, 6) is 0. The second kappa shape index (κ2) is 4.18. The van der Waals surface area contributed by atoms with Crippen molar-refractivity contribution < 1.29 is 0 Å². The molecular formula is C12H22N4. The molecule has 1 saturated heterocycles. The molecule has 1 unspecified atom stereocenters. The van der Waals surface area contributed by atoms with Crippen molar-refractivity contribution in [2.45, 2.75) is 32.4 Å². The van der Waals surface area contributed by atoms with Crippen LogP contribution in [0.4, 0.5) is 0 Å². The quantitative estimate of drug-likeness (QED) is 0.815. The average molecular weight is 222 g/mol. The number of rotatable bonds is 2. The van der Waals surface area contributed by atoms with Gasteiger partial charge in [-0.1, -0.05) is 0 Å².